The van der Waals surface area contributed by atoms with Crippen molar-refractivity contribution in [1.29, 1.82) is 0 Å². The molecule has 0 spiro atoms. The predicted molar refractivity (Wildman–Crippen MR) is 67.6 cm³/mol. The molecule has 0 saturated heterocycles. The summed E-state index contributed by atoms with van der Waals surface area (Å²) in [5.74, 6) is 0.0259. The minimum atomic E-state index is -0.187. The third-order valence-electron chi connectivity index (χ3n) is 2.46. The largest absolute Gasteiger partial charge is 0.396 e. The van der Waals surface area contributed by atoms with E-state index >= 15 is 0 Å². The lowest BCUT2D eigenvalue weighted by molar-refractivity contribution is 0.221. The van der Waals surface area contributed by atoms with Crippen molar-refractivity contribution in [2.75, 3.05) is 6.61 Å². The summed E-state index contributed by atoms with van der Waals surface area (Å²) in [4.78, 5) is 12.1. The number of nitrogens with zero attached hydrogens (tertiary/aromatic N) is 1. The van der Waals surface area contributed by atoms with Crippen LogP contribution in [0.4, 0.5) is 0 Å². The molecule has 0 amide bonds. The fraction of sp³-hybridized carbons (Fsp3) is 0.455. The fourth-order valence-electron chi connectivity index (χ4n) is 1.45. The molecule has 1 aromatic rings. The van der Waals surface area contributed by atoms with Gasteiger partial charge >= 0.3 is 0 Å². The van der Waals surface area contributed by atoms with Crippen LogP contribution in [0.1, 0.15) is 18.2 Å². The van der Waals surface area contributed by atoms with Crippen LogP contribution in [0.15, 0.2) is 16.9 Å². The number of thiocarbonyl (C=S) groups is 1. The lowest BCUT2D eigenvalue weighted by Crippen LogP contribution is -2.32. The molecule has 0 radical (unpaired) electrons. The molecule has 88 valence electrons. The number of hydrogen-bond donors (Lipinski definition) is 2. The van der Waals surface area contributed by atoms with Crippen molar-refractivity contribution < 1.29 is 5.11 Å². The molecule has 0 bridgehead atoms. The van der Waals surface area contributed by atoms with Crippen LogP contribution >= 0.6 is 12.2 Å². The molecule has 0 saturated carbocycles. The van der Waals surface area contributed by atoms with Gasteiger partial charge in [-0.25, -0.2) is 0 Å². The molecule has 1 heterocycles. The third-order valence-corrected chi connectivity index (χ3v) is 2.68. The SMILES string of the molecule is Cc1ccc(C(N)=S)c(=O)n1CC(C)CO. The lowest BCUT2D eigenvalue weighted by atomic mass is 10.1. The highest BCUT2D eigenvalue weighted by Gasteiger charge is 2.10. The first kappa shape index (κ1) is 12.9. The summed E-state index contributed by atoms with van der Waals surface area (Å²) in [7, 11) is 0. The summed E-state index contributed by atoms with van der Waals surface area (Å²) in [6.45, 7) is 4.23. The van der Waals surface area contributed by atoms with E-state index in [1.165, 1.54) is 0 Å². The van der Waals surface area contributed by atoms with E-state index in [-0.39, 0.29) is 23.1 Å². The molecule has 4 nitrogen and oxygen atoms in total. The van der Waals surface area contributed by atoms with Crippen LogP contribution < -0.4 is 11.3 Å². The Morgan fingerprint density at radius 3 is 2.75 bits per heavy atom. The molecule has 0 aromatic carbocycles. The summed E-state index contributed by atoms with van der Waals surface area (Å²) in [6, 6.07) is 3.44. The minimum absolute atomic E-state index is 0.0259. The summed E-state index contributed by atoms with van der Waals surface area (Å²) in [5, 5.41) is 8.99. The number of aliphatic hydroxyl groups is 1. The van der Waals surface area contributed by atoms with Crippen LogP contribution in [0.2, 0.25) is 0 Å². The maximum Gasteiger partial charge on any atom is 0.260 e. The Morgan fingerprint density at radius 1 is 1.62 bits per heavy atom. The Kier molecular flexibility index (Phi) is 4.20. The van der Waals surface area contributed by atoms with Crippen molar-refractivity contribution in [3.8, 4) is 0 Å². The molecule has 5 heteroatoms. The zero-order chi connectivity index (χ0) is 12.3. The first-order chi connectivity index (χ1) is 7.47. The molecule has 1 aromatic heterocycles. The van der Waals surface area contributed by atoms with Gasteiger partial charge in [0.1, 0.15) is 4.99 Å². The van der Waals surface area contributed by atoms with Crippen molar-refractivity contribution in [3.63, 3.8) is 0 Å². The Balaban J connectivity index is 3.22. The Morgan fingerprint density at radius 2 is 2.25 bits per heavy atom. The Hall–Kier alpha value is -1.20. The van der Waals surface area contributed by atoms with Crippen LogP contribution in [-0.2, 0) is 6.54 Å². The van der Waals surface area contributed by atoms with Gasteiger partial charge in [0.15, 0.2) is 0 Å². The normalized spacial score (nSPS) is 12.4. The number of nitrogens with two attached hydrogens (primary N) is 1. The van der Waals surface area contributed by atoms with E-state index < -0.39 is 0 Å². The average Bonchev–Trinajstić information content (AvgIpc) is 2.23. The van der Waals surface area contributed by atoms with Gasteiger partial charge in [0, 0.05) is 18.8 Å². The van der Waals surface area contributed by atoms with Crippen molar-refractivity contribution in [2.24, 2.45) is 11.7 Å². The van der Waals surface area contributed by atoms with Gasteiger partial charge in [-0.05, 0) is 25.0 Å². The molecule has 0 aliphatic carbocycles. The van der Waals surface area contributed by atoms with E-state index in [0.717, 1.165) is 5.69 Å². The van der Waals surface area contributed by atoms with Gasteiger partial charge in [0.05, 0.1) is 5.56 Å². The molecule has 1 rings (SSSR count). The Labute approximate surface area is 99.7 Å². The monoisotopic (exact) mass is 240 g/mol. The van der Waals surface area contributed by atoms with E-state index in [9.17, 15) is 4.79 Å². The Bertz CT molecular complexity index is 454. The second kappa shape index (κ2) is 5.23. The third kappa shape index (κ3) is 2.68. The fourth-order valence-corrected chi connectivity index (χ4v) is 1.61. The molecule has 3 N–H and O–H groups in total. The number of aliphatic hydroxyl groups excluding tert-OH is 1. The van der Waals surface area contributed by atoms with Gasteiger partial charge in [-0.15, -0.1) is 0 Å². The summed E-state index contributed by atoms with van der Waals surface area (Å²) < 4.78 is 1.59. The van der Waals surface area contributed by atoms with Gasteiger partial charge in [-0.3, -0.25) is 4.79 Å². The highest BCUT2D eigenvalue weighted by atomic mass is 32.1. The van der Waals surface area contributed by atoms with Gasteiger partial charge in [0.2, 0.25) is 0 Å². The van der Waals surface area contributed by atoms with E-state index in [0.29, 0.717) is 12.1 Å². The van der Waals surface area contributed by atoms with Gasteiger partial charge < -0.3 is 15.4 Å². The molecule has 0 fully saturated rings. The zero-order valence-corrected chi connectivity index (χ0v) is 10.3. The second-order valence-corrected chi connectivity index (χ2v) is 4.40. The maximum absolute atomic E-state index is 12.0. The van der Waals surface area contributed by atoms with E-state index in [1.807, 2.05) is 13.8 Å². The van der Waals surface area contributed by atoms with Gasteiger partial charge in [-0.1, -0.05) is 19.1 Å². The lowest BCUT2D eigenvalue weighted by Gasteiger charge is -2.14. The smallest absolute Gasteiger partial charge is 0.260 e. The second-order valence-electron chi connectivity index (χ2n) is 3.96. The van der Waals surface area contributed by atoms with Gasteiger partial charge in [-0.2, -0.15) is 0 Å². The molecular formula is C11H16N2O2S. The zero-order valence-electron chi connectivity index (χ0n) is 9.43. The van der Waals surface area contributed by atoms with Gasteiger partial charge in [0.25, 0.3) is 5.56 Å². The quantitative estimate of drug-likeness (QED) is 0.748. The standard InChI is InChI=1S/C11H16N2O2S/c1-7(6-14)5-13-8(2)3-4-9(10(12)16)11(13)15/h3-4,7,14H,5-6H2,1-2H3,(H2,12,16). The number of rotatable bonds is 4. The molecular weight excluding hydrogens is 224 g/mol. The molecule has 16 heavy (non-hydrogen) atoms. The van der Waals surface area contributed by atoms with Crippen molar-refractivity contribution in [3.05, 3.63) is 33.7 Å². The average molecular weight is 240 g/mol. The van der Waals surface area contributed by atoms with Crippen LogP contribution in [0.25, 0.3) is 0 Å². The first-order valence-corrected chi connectivity index (χ1v) is 5.49. The molecule has 1 unspecified atom stereocenters. The van der Waals surface area contributed by atoms with Crippen LogP contribution in [0.5, 0.6) is 0 Å². The first-order valence-electron chi connectivity index (χ1n) is 5.08. The molecule has 0 aliphatic rings. The summed E-state index contributed by atoms with van der Waals surface area (Å²) in [6.07, 6.45) is 0. The van der Waals surface area contributed by atoms with E-state index in [2.05, 4.69) is 0 Å². The number of hydrogen-bond acceptors (Lipinski definition) is 3. The minimum Gasteiger partial charge on any atom is -0.396 e. The van der Waals surface area contributed by atoms with Crippen molar-refractivity contribution in [2.45, 2.75) is 20.4 Å². The van der Waals surface area contributed by atoms with Crippen molar-refractivity contribution in [1.82, 2.24) is 4.57 Å². The highest BCUT2D eigenvalue weighted by Crippen LogP contribution is 2.03. The van der Waals surface area contributed by atoms with Crippen LogP contribution in [0, 0.1) is 12.8 Å². The maximum atomic E-state index is 12.0. The number of aromatic nitrogens is 1. The summed E-state index contributed by atoms with van der Waals surface area (Å²) in [5.41, 5.74) is 6.47. The predicted octanol–water partition coefficient (Wildman–Crippen LogP) is 0.419. The number of pyridine rings is 1. The van der Waals surface area contributed by atoms with Crippen LogP contribution in [-0.4, -0.2) is 21.3 Å². The summed E-state index contributed by atoms with van der Waals surface area (Å²) >= 11 is 4.81. The topological polar surface area (TPSA) is 68.2 Å². The highest BCUT2D eigenvalue weighted by molar-refractivity contribution is 7.80. The molecule has 0 aliphatic heterocycles. The van der Waals surface area contributed by atoms with E-state index in [4.69, 9.17) is 23.1 Å². The molecule has 1 atom stereocenters. The number of aryl methyl sites for hydroxylation is 1. The van der Waals surface area contributed by atoms with Crippen molar-refractivity contribution >= 4 is 17.2 Å². The van der Waals surface area contributed by atoms with Crippen LogP contribution in [0.3, 0.4) is 0 Å². The van der Waals surface area contributed by atoms with E-state index in [1.54, 1.807) is 16.7 Å².